The van der Waals surface area contributed by atoms with Crippen molar-refractivity contribution in [2.45, 2.75) is 38.1 Å². The minimum Gasteiger partial charge on any atom is -0.492 e. The summed E-state index contributed by atoms with van der Waals surface area (Å²) in [5.41, 5.74) is 0.120. The molecule has 0 radical (unpaired) electrons. The lowest BCUT2D eigenvalue weighted by molar-refractivity contribution is 0.202. The average molecular weight is 361 g/mol. The molecular weight excluding hydrogens is 338 g/mol. The molecule has 2 nitrogen and oxygen atoms in total. The van der Waals surface area contributed by atoms with Crippen molar-refractivity contribution in [3.8, 4) is 5.75 Å². The molecule has 4 heteroatoms. The van der Waals surface area contributed by atoms with Crippen molar-refractivity contribution in [3.63, 3.8) is 0 Å². The second-order valence-electron chi connectivity index (χ2n) is 5.83. The number of ether oxygens (including phenoxy) is 1. The van der Waals surface area contributed by atoms with E-state index in [2.05, 4.69) is 28.2 Å². The predicted molar refractivity (Wildman–Crippen MR) is 88.7 cm³/mol. The summed E-state index contributed by atoms with van der Waals surface area (Å²) < 4.78 is 6.80. The Bertz CT molecular complexity index is 419. The normalized spacial score (nSPS) is 26.4. The third kappa shape index (κ3) is 4.64. The summed E-state index contributed by atoms with van der Waals surface area (Å²) in [4.78, 5) is 0. The Morgan fingerprint density at radius 1 is 1.40 bits per heavy atom. The van der Waals surface area contributed by atoms with Crippen LogP contribution in [-0.2, 0) is 0 Å². The van der Waals surface area contributed by atoms with E-state index in [1.54, 1.807) is 0 Å². The van der Waals surface area contributed by atoms with E-state index in [0.29, 0.717) is 12.5 Å². The lowest BCUT2D eigenvalue weighted by Gasteiger charge is -2.39. The predicted octanol–water partition coefficient (Wildman–Crippen LogP) is 4.61. The Hall–Kier alpha value is -0.250. The summed E-state index contributed by atoms with van der Waals surface area (Å²) in [6.45, 7) is 3.84. The Morgan fingerprint density at radius 2 is 2.15 bits per heavy atom. The molecule has 1 aromatic carbocycles. The third-order valence-electron chi connectivity index (χ3n) is 4.15. The highest BCUT2D eigenvalue weighted by molar-refractivity contribution is 9.10. The van der Waals surface area contributed by atoms with Crippen molar-refractivity contribution in [1.82, 2.24) is 5.32 Å². The number of hydrogen-bond donors (Lipinski definition) is 1. The zero-order chi connectivity index (χ0) is 14.4. The highest BCUT2D eigenvalue weighted by atomic mass is 79.9. The van der Waals surface area contributed by atoms with Gasteiger partial charge in [-0.3, -0.25) is 0 Å². The van der Waals surface area contributed by atoms with Crippen LogP contribution in [0, 0.1) is 5.92 Å². The molecule has 2 rings (SSSR count). The lowest BCUT2D eigenvalue weighted by Crippen LogP contribution is -2.50. The zero-order valence-corrected chi connectivity index (χ0v) is 14.3. The van der Waals surface area contributed by atoms with E-state index in [9.17, 15) is 0 Å². The molecule has 112 valence electrons. The first-order valence-corrected chi connectivity index (χ1v) is 8.66. The molecule has 1 fully saturated rings. The van der Waals surface area contributed by atoms with Gasteiger partial charge in [0.25, 0.3) is 0 Å². The van der Waals surface area contributed by atoms with Crippen LogP contribution < -0.4 is 10.1 Å². The van der Waals surface area contributed by atoms with Crippen LogP contribution in [0.5, 0.6) is 5.75 Å². The first kappa shape index (κ1) is 16.1. The van der Waals surface area contributed by atoms with Crippen LogP contribution in [-0.4, -0.2) is 24.6 Å². The highest BCUT2D eigenvalue weighted by Crippen LogP contribution is 2.32. The van der Waals surface area contributed by atoms with Gasteiger partial charge in [-0.05, 0) is 49.8 Å². The second kappa shape index (κ2) is 7.67. The summed E-state index contributed by atoms with van der Waals surface area (Å²) >= 11 is 9.64. The Morgan fingerprint density at radius 3 is 2.80 bits per heavy atom. The Balaban J connectivity index is 1.74. The molecule has 1 aliphatic rings. The van der Waals surface area contributed by atoms with Gasteiger partial charge in [0.15, 0.2) is 0 Å². The van der Waals surface area contributed by atoms with E-state index in [4.69, 9.17) is 16.3 Å². The van der Waals surface area contributed by atoms with E-state index in [-0.39, 0.29) is 5.54 Å². The summed E-state index contributed by atoms with van der Waals surface area (Å²) in [5.74, 6) is 2.43. The SMILES string of the molecule is CC1CCC(CCl)(NCCOc2cccc(Br)c2)CC1. The average Bonchev–Trinajstić information content (AvgIpc) is 2.46. The van der Waals surface area contributed by atoms with Gasteiger partial charge in [0, 0.05) is 22.4 Å². The van der Waals surface area contributed by atoms with Crippen LogP contribution in [0.4, 0.5) is 0 Å². The fraction of sp³-hybridized carbons (Fsp3) is 0.625. The largest absolute Gasteiger partial charge is 0.492 e. The number of halogens is 2. The molecule has 0 saturated heterocycles. The van der Waals surface area contributed by atoms with Crippen LogP contribution in [0.25, 0.3) is 0 Å². The number of benzene rings is 1. The highest BCUT2D eigenvalue weighted by Gasteiger charge is 2.32. The molecule has 0 atom stereocenters. The van der Waals surface area contributed by atoms with Gasteiger partial charge in [0.05, 0.1) is 0 Å². The summed E-state index contributed by atoms with van der Waals surface area (Å²) in [6.07, 6.45) is 4.89. The molecule has 0 amide bonds. The molecular formula is C16H23BrClNO. The molecule has 0 unspecified atom stereocenters. The van der Waals surface area contributed by atoms with E-state index in [0.717, 1.165) is 22.7 Å². The van der Waals surface area contributed by atoms with Crippen LogP contribution in [0.2, 0.25) is 0 Å². The molecule has 0 spiro atoms. The van der Waals surface area contributed by atoms with Gasteiger partial charge >= 0.3 is 0 Å². The number of alkyl halides is 1. The van der Waals surface area contributed by atoms with Crippen molar-refractivity contribution >= 4 is 27.5 Å². The Kier molecular flexibility index (Phi) is 6.19. The summed E-state index contributed by atoms with van der Waals surface area (Å²) in [7, 11) is 0. The third-order valence-corrected chi connectivity index (χ3v) is 5.16. The van der Waals surface area contributed by atoms with Crippen molar-refractivity contribution < 1.29 is 4.74 Å². The molecule has 0 aromatic heterocycles. The molecule has 0 heterocycles. The van der Waals surface area contributed by atoms with Gasteiger partial charge in [-0.2, -0.15) is 0 Å². The molecule has 1 aliphatic carbocycles. The van der Waals surface area contributed by atoms with E-state index >= 15 is 0 Å². The van der Waals surface area contributed by atoms with Gasteiger partial charge in [0.2, 0.25) is 0 Å². The maximum absolute atomic E-state index is 6.19. The maximum atomic E-state index is 6.19. The van der Waals surface area contributed by atoms with Crippen LogP contribution in [0.1, 0.15) is 32.6 Å². The van der Waals surface area contributed by atoms with Crippen LogP contribution >= 0.6 is 27.5 Å². The topological polar surface area (TPSA) is 21.3 Å². The van der Waals surface area contributed by atoms with Gasteiger partial charge < -0.3 is 10.1 Å². The Labute approximate surface area is 135 Å². The van der Waals surface area contributed by atoms with E-state index < -0.39 is 0 Å². The summed E-state index contributed by atoms with van der Waals surface area (Å²) in [5, 5.41) is 3.62. The quantitative estimate of drug-likeness (QED) is 0.591. The second-order valence-corrected chi connectivity index (χ2v) is 7.01. The van der Waals surface area contributed by atoms with Gasteiger partial charge in [-0.25, -0.2) is 0 Å². The van der Waals surface area contributed by atoms with Gasteiger partial charge in [0.1, 0.15) is 12.4 Å². The first-order chi connectivity index (χ1) is 9.63. The fourth-order valence-corrected chi connectivity index (χ4v) is 3.45. The lowest BCUT2D eigenvalue weighted by atomic mass is 9.78. The summed E-state index contributed by atoms with van der Waals surface area (Å²) in [6, 6.07) is 7.94. The van der Waals surface area contributed by atoms with Crippen molar-refractivity contribution in [2.24, 2.45) is 5.92 Å². The van der Waals surface area contributed by atoms with Gasteiger partial charge in [-0.1, -0.05) is 28.9 Å². The van der Waals surface area contributed by atoms with Crippen molar-refractivity contribution in [2.75, 3.05) is 19.0 Å². The van der Waals surface area contributed by atoms with Crippen molar-refractivity contribution in [3.05, 3.63) is 28.7 Å². The molecule has 1 saturated carbocycles. The molecule has 1 N–H and O–H groups in total. The molecule has 0 bridgehead atoms. The smallest absolute Gasteiger partial charge is 0.120 e. The molecule has 0 aliphatic heterocycles. The maximum Gasteiger partial charge on any atom is 0.120 e. The minimum absolute atomic E-state index is 0.120. The standard InChI is InChI=1S/C16H23BrClNO/c1-13-5-7-16(12-18,8-6-13)19-9-10-20-15-4-2-3-14(17)11-15/h2-4,11,13,19H,5-10,12H2,1H3. The van der Waals surface area contributed by atoms with E-state index in [1.165, 1.54) is 25.7 Å². The van der Waals surface area contributed by atoms with Gasteiger partial charge in [-0.15, -0.1) is 11.6 Å². The van der Waals surface area contributed by atoms with Crippen LogP contribution in [0.3, 0.4) is 0 Å². The first-order valence-electron chi connectivity index (χ1n) is 7.33. The number of hydrogen-bond acceptors (Lipinski definition) is 2. The molecule has 1 aromatic rings. The van der Waals surface area contributed by atoms with E-state index in [1.807, 2.05) is 24.3 Å². The molecule has 20 heavy (non-hydrogen) atoms. The number of nitrogens with one attached hydrogen (secondary N) is 1. The van der Waals surface area contributed by atoms with Crippen LogP contribution in [0.15, 0.2) is 28.7 Å². The van der Waals surface area contributed by atoms with Crippen molar-refractivity contribution in [1.29, 1.82) is 0 Å². The fourth-order valence-electron chi connectivity index (χ4n) is 2.71. The monoisotopic (exact) mass is 359 g/mol. The minimum atomic E-state index is 0.120. The zero-order valence-electron chi connectivity index (χ0n) is 12.0. The number of rotatable bonds is 6.